The average molecular weight is 278 g/mol. The van der Waals surface area contributed by atoms with Crippen LogP contribution in [0.4, 0.5) is 0 Å². The third-order valence-corrected chi connectivity index (χ3v) is 2.54. The Labute approximate surface area is 116 Å². The topological polar surface area (TPSA) is 68.9 Å². The van der Waals surface area contributed by atoms with E-state index in [9.17, 15) is 9.90 Å². The molecule has 0 aliphatic carbocycles. The van der Waals surface area contributed by atoms with Crippen molar-refractivity contribution in [1.29, 1.82) is 0 Å². The number of aromatic hydroxyl groups is 1. The van der Waals surface area contributed by atoms with Crippen LogP contribution in [0.5, 0.6) is 17.2 Å². The van der Waals surface area contributed by atoms with Gasteiger partial charge in [-0.05, 0) is 39.8 Å². The molecule has 5 nitrogen and oxygen atoms in total. The second-order valence-corrected chi connectivity index (χ2v) is 5.06. The fourth-order valence-electron chi connectivity index (χ4n) is 1.83. The van der Waals surface area contributed by atoms with E-state index in [1.807, 2.05) is 13.8 Å². The van der Waals surface area contributed by atoms with Gasteiger partial charge in [0.2, 0.25) is 5.75 Å². The molecule has 0 radical (unpaired) electrons. The number of hydrogen-bond acceptors (Lipinski definition) is 5. The molecule has 5 heteroatoms. The smallest absolute Gasteiger partial charge is 0.383 e. The van der Waals surface area contributed by atoms with Gasteiger partial charge >= 0.3 is 5.63 Å². The van der Waals surface area contributed by atoms with Crippen molar-refractivity contribution in [1.82, 2.24) is 0 Å². The lowest BCUT2D eigenvalue weighted by molar-refractivity contribution is 0.221. The Hall–Kier alpha value is -2.17. The van der Waals surface area contributed by atoms with Gasteiger partial charge in [0.1, 0.15) is 11.3 Å². The summed E-state index contributed by atoms with van der Waals surface area (Å²) < 4.78 is 16.0. The summed E-state index contributed by atoms with van der Waals surface area (Å²) in [5.41, 5.74) is -0.438. The Bertz CT molecular complexity index is 670. The minimum Gasteiger partial charge on any atom is -0.504 e. The summed E-state index contributed by atoms with van der Waals surface area (Å²) in [6.45, 7) is 7.33. The molecule has 0 atom stereocenters. The number of ether oxygens (including phenoxy) is 2. The summed E-state index contributed by atoms with van der Waals surface area (Å²) in [6, 6.07) is 4.93. The molecule has 2 rings (SSSR count). The van der Waals surface area contributed by atoms with E-state index in [-0.39, 0.29) is 29.3 Å². The summed E-state index contributed by atoms with van der Waals surface area (Å²) >= 11 is 0. The van der Waals surface area contributed by atoms with Crippen molar-refractivity contribution in [2.45, 2.75) is 39.9 Å². The molecule has 108 valence electrons. The zero-order valence-electron chi connectivity index (χ0n) is 12.0. The van der Waals surface area contributed by atoms with Gasteiger partial charge in [-0.3, -0.25) is 0 Å². The fourth-order valence-corrected chi connectivity index (χ4v) is 1.83. The van der Waals surface area contributed by atoms with Gasteiger partial charge in [0.25, 0.3) is 0 Å². The van der Waals surface area contributed by atoms with E-state index in [1.54, 1.807) is 32.0 Å². The first-order chi connectivity index (χ1) is 9.38. The Morgan fingerprint density at radius 1 is 1.10 bits per heavy atom. The lowest BCUT2D eigenvalue weighted by atomic mass is 10.2. The van der Waals surface area contributed by atoms with E-state index >= 15 is 0 Å². The van der Waals surface area contributed by atoms with Crippen LogP contribution in [0.2, 0.25) is 0 Å². The van der Waals surface area contributed by atoms with Gasteiger partial charge in [-0.1, -0.05) is 0 Å². The van der Waals surface area contributed by atoms with Crippen LogP contribution in [0.25, 0.3) is 11.0 Å². The molecular weight excluding hydrogens is 260 g/mol. The molecule has 2 aromatic rings. The maximum atomic E-state index is 11.8. The third-order valence-electron chi connectivity index (χ3n) is 2.54. The second kappa shape index (κ2) is 5.45. The zero-order chi connectivity index (χ0) is 14.9. The first-order valence-corrected chi connectivity index (χ1v) is 6.51. The van der Waals surface area contributed by atoms with E-state index in [0.29, 0.717) is 11.1 Å². The first-order valence-electron chi connectivity index (χ1n) is 6.51. The molecular formula is C15H18O5. The highest BCUT2D eigenvalue weighted by molar-refractivity contribution is 5.86. The molecule has 1 N–H and O–H groups in total. The van der Waals surface area contributed by atoms with Gasteiger partial charge < -0.3 is 19.0 Å². The number of benzene rings is 1. The van der Waals surface area contributed by atoms with Gasteiger partial charge in [0.15, 0.2) is 5.75 Å². The minimum atomic E-state index is -0.703. The molecule has 0 aliphatic heterocycles. The third kappa shape index (κ3) is 2.87. The normalized spacial score (nSPS) is 11.3. The Kier molecular flexibility index (Phi) is 3.88. The van der Waals surface area contributed by atoms with Gasteiger partial charge in [0.05, 0.1) is 17.6 Å². The molecule has 1 heterocycles. The van der Waals surface area contributed by atoms with Crippen LogP contribution in [0.15, 0.2) is 27.4 Å². The molecule has 1 aromatic carbocycles. The van der Waals surface area contributed by atoms with E-state index < -0.39 is 5.63 Å². The van der Waals surface area contributed by atoms with Crippen molar-refractivity contribution in [2.75, 3.05) is 0 Å². The summed E-state index contributed by atoms with van der Waals surface area (Å²) in [4.78, 5) is 11.8. The van der Waals surface area contributed by atoms with Crippen LogP contribution in [0.3, 0.4) is 0 Å². The molecule has 0 spiro atoms. The average Bonchev–Trinajstić information content (AvgIpc) is 2.33. The molecule has 0 unspecified atom stereocenters. The highest BCUT2D eigenvalue weighted by Gasteiger charge is 2.17. The molecule has 0 amide bonds. The van der Waals surface area contributed by atoms with Crippen molar-refractivity contribution in [2.24, 2.45) is 0 Å². The number of rotatable bonds is 4. The van der Waals surface area contributed by atoms with Crippen molar-refractivity contribution >= 4 is 11.0 Å². The second-order valence-electron chi connectivity index (χ2n) is 5.06. The maximum absolute atomic E-state index is 11.8. The maximum Gasteiger partial charge on any atom is 0.383 e. The monoisotopic (exact) mass is 278 g/mol. The minimum absolute atomic E-state index is 0.0105. The van der Waals surface area contributed by atoms with Crippen LogP contribution in [0, 0.1) is 0 Å². The van der Waals surface area contributed by atoms with Crippen LogP contribution < -0.4 is 15.1 Å². The summed E-state index contributed by atoms with van der Waals surface area (Å²) in [7, 11) is 0. The van der Waals surface area contributed by atoms with Crippen LogP contribution in [0.1, 0.15) is 27.7 Å². The van der Waals surface area contributed by atoms with E-state index in [2.05, 4.69) is 0 Å². The van der Waals surface area contributed by atoms with Gasteiger partial charge in [-0.15, -0.1) is 0 Å². The molecule has 20 heavy (non-hydrogen) atoms. The predicted molar refractivity (Wildman–Crippen MR) is 75.7 cm³/mol. The van der Waals surface area contributed by atoms with Crippen molar-refractivity contribution in [3.05, 3.63) is 28.6 Å². The number of fused-ring (bicyclic) bond motifs is 1. The zero-order valence-corrected chi connectivity index (χ0v) is 12.0. The van der Waals surface area contributed by atoms with Gasteiger partial charge in [-0.25, -0.2) is 4.79 Å². The van der Waals surface area contributed by atoms with E-state index in [4.69, 9.17) is 13.9 Å². The summed E-state index contributed by atoms with van der Waals surface area (Å²) in [5, 5.41) is 10.5. The van der Waals surface area contributed by atoms with Gasteiger partial charge in [0, 0.05) is 6.07 Å². The largest absolute Gasteiger partial charge is 0.504 e. The Morgan fingerprint density at radius 2 is 1.75 bits per heavy atom. The van der Waals surface area contributed by atoms with Crippen molar-refractivity contribution < 1.29 is 19.0 Å². The SMILES string of the molecule is CC(C)Oc1ccc2c(O)c(OC(C)C)c(=O)oc2c1. The van der Waals surface area contributed by atoms with Crippen LogP contribution in [-0.4, -0.2) is 17.3 Å². The predicted octanol–water partition coefficient (Wildman–Crippen LogP) is 3.07. The lowest BCUT2D eigenvalue weighted by Crippen LogP contribution is -2.13. The van der Waals surface area contributed by atoms with Crippen LogP contribution in [-0.2, 0) is 0 Å². The highest BCUT2D eigenvalue weighted by Crippen LogP contribution is 2.33. The molecule has 0 fully saturated rings. The van der Waals surface area contributed by atoms with E-state index in [0.717, 1.165) is 0 Å². The quantitative estimate of drug-likeness (QED) is 0.870. The molecule has 1 aromatic heterocycles. The summed E-state index contributed by atoms with van der Waals surface area (Å²) in [5.74, 6) is 0.207. The highest BCUT2D eigenvalue weighted by atomic mass is 16.5. The molecule has 0 saturated carbocycles. The fraction of sp³-hybridized carbons (Fsp3) is 0.400. The Morgan fingerprint density at radius 3 is 2.35 bits per heavy atom. The molecule has 0 aliphatic rings. The van der Waals surface area contributed by atoms with Crippen molar-refractivity contribution in [3.63, 3.8) is 0 Å². The van der Waals surface area contributed by atoms with Crippen LogP contribution >= 0.6 is 0 Å². The van der Waals surface area contributed by atoms with Crippen molar-refractivity contribution in [3.8, 4) is 17.2 Å². The Balaban J connectivity index is 2.55. The number of hydrogen-bond donors (Lipinski definition) is 1. The van der Waals surface area contributed by atoms with Gasteiger partial charge in [-0.2, -0.15) is 0 Å². The molecule has 0 saturated heterocycles. The van der Waals surface area contributed by atoms with E-state index in [1.165, 1.54) is 0 Å². The lowest BCUT2D eigenvalue weighted by Gasteiger charge is -2.12. The summed E-state index contributed by atoms with van der Waals surface area (Å²) in [6.07, 6.45) is -0.221. The molecule has 0 bridgehead atoms. The standard InChI is InChI=1S/C15H18O5/c1-8(2)18-10-5-6-11-12(7-10)20-15(17)14(13(11)16)19-9(3)4/h5-9,16H,1-4H3. The first kappa shape index (κ1) is 14.2.